The molecule has 0 aromatic heterocycles. The number of anilines is 2. The molecule has 0 N–H and O–H groups in total. The van der Waals surface area contributed by atoms with Crippen molar-refractivity contribution in [1.29, 1.82) is 5.26 Å². The van der Waals surface area contributed by atoms with Gasteiger partial charge in [-0.05, 0) is 103 Å². The van der Waals surface area contributed by atoms with Gasteiger partial charge in [0.05, 0.1) is 11.6 Å². The van der Waals surface area contributed by atoms with Crippen molar-refractivity contribution in [3.63, 3.8) is 0 Å². The lowest BCUT2D eigenvalue weighted by Crippen LogP contribution is -2.42. The van der Waals surface area contributed by atoms with Crippen LogP contribution >= 0.6 is 0 Å². The zero-order chi connectivity index (χ0) is 22.5. The van der Waals surface area contributed by atoms with Gasteiger partial charge in [0.2, 0.25) is 0 Å². The fourth-order valence-electron chi connectivity index (χ4n) is 4.53. The minimum absolute atomic E-state index is 0.0638. The number of nitriles is 1. The van der Waals surface area contributed by atoms with Crippen LogP contribution in [0.3, 0.4) is 0 Å². The topological polar surface area (TPSA) is 50.6 Å². The molecule has 2 aromatic rings. The van der Waals surface area contributed by atoms with E-state index < -0.39 is 0 Å². The lowest BCUT2D eigenvalue weighted by atomic mass is 10.0. The first-order chi connectivity index (χ1) is 14.8. The molecule has 1 fully saturated rings. The molecule has 1 heterocycles. The number of piperidine rings is 1. The van der Waals surface area contributed by atoms with Crippen LogP contribution in [-0.2, 0) is 0 Å². The molecule has 0 saturated carbocycles. The second-order valence-electron chi connectivity index (χ2n) is 9.01. The number of amides is 1. The Morgan fingerprint density at radius 1 is 1.00 bits per heavy atom. The number of benzene rings is 2. The predicted molar refractivity (Wildman–Crippen MR) is 127 cm³/mol. The van der Waals surface area contributed by atoms with Crippen LogP contribution in [0.15, 0.2) is 48.5 Å². The molecule has 31 heavy (non-hydrogen) atoms. The summed E-state index contributed by atoms with van der Waals surface area (Å²) < 4.78 is 0. The van der Waals surface area contributed by atoms with Gasteiger partial charge in [0.1, 0.15) is 0 Å². The minimum Gasteiger partial charge on any atom is -0.338 e. The van der Waals surface area contributed by atoms with Gasteiger partial charge in [-0.2, -0.15) is 5.26 Å². The normalized spacial score (nSPS) is 15.2. The second-order valence-corrected chi connectivity index (χ2v) is 9.01. The molecule has 1 aliphatic heterocycles. The van der Waals surface area contributed by atoms with Crippen molar-refractivity contribution >= 4 is 17.3 Å². The molecule has 0 atom stereocenters. The Kier molecular flexibility index (Phi) is 7.35. The van der Waals surface area contributed by atoms with Gasteiger partial charge in [-0.3, -0.25) is 4.79 Å². The van der Waals surface area contributed by atoms with Gasteiger partial charge in [-0.15, -0.1) is 0 Å². The first kappa shape index (κ1) is 22.8. The van der Waals surface area contributed by atoms with Gasteiger partial charge >= 0.3 is 0 Å². The van der Waals surface area contributed by atoms with E-state index in [0.29, 0.717) is 17.2 Å². The average Bonchev–Trinajstić information content (AvgIpc) is 2.75. The molecular weight excluding hydrogens is 384 g/mol. The Morgan fingerprint density at radius 3 is 2.16 bits per heavy atom. The molecule has 1 saturated heterocycles. The zero-order valence-corrected chi connectivity index (χ0v) is 19.4. The van der Waals surface area contributed by atoms with E-state index in [0.717, 1.165) is 37.3 Å². The van der Waals surface area contributed by atoms with Crippen LogP contribution < -0.4 is 4.90 Å². The molecule has 0 radical (unpaired) electrons. The molecule has 0 spiro atoms. The van der Waals surface area contributed by atoms with E-state index in [9.17, 15) is 10.1 Å². The van der Waals surface area contributed by atoms with Crippen molar-refractivity contribution in [3.8, 4) is 6.07 Å². The molecule has 0 unspecified atom stereocenters. The maximum Gasteiger partial charge on any atom is 0.254 e. The fourth-order valence-corrected chi connectivity index (χ4v) is 4.53. The van der Waals surface area contributed by atoms with Crippen molar-refractivity contribution in [1.82, 2.24) is 9.80 Å². The summed E-state index contributed by atoms with van der Waals surface area (Å²) in [5, 5.41) is 9.38. The van der Waals surface area contributed by atoms with Crippen molar-refractivity contribution in [2.45, 2.75) is 58.7 Å². The van der Waals surface area contributed by atoms with Crippen LogP contribution in [0.2, 0.25) is 0 Å². The molecule has 0 aliphatic carbocycles. The number of carbonyl (C=O) groups excluding carboxylic acids is 1. The molecule has 2 aromatic carbocycles. The van der Waals surface area contributed by atoms with E-state index in [-0.39, 0.29) is 18.0 Å². The maximum absolute atomic E-state index is 13.1. The predicted octanol–water partition coefficient (Wildman–Crippen LogP) is 5.05. The van der Waals surface area contributed by atoms with Crippen LogP contribution in [0, 0.1) is 11.3 Å². The van der Waals surface area contributed by atoms with E-state index in [4.69, 9.17) is 0 Å². The highest BCUT2D eigenvalue weighted by atomic mass is 16.2. The maximum atomic E-state index is 13.1. The first-order valence-electron chi connectivity index (χ1n) is 11.2. The number of hydrogen-bond donors (Lipinski definition) is 0. The Bertz CT molecular complexity index is 913. The Hall–Kier alpha value is -2.84. The fraction of sp³-hybridized carbons (Fsp3) is 0.462. The third-order valence-corrected chi connectivity index (χ3v) is 6.05. The SMILES string of the molecule is CC(C)N(C(=O)c1ccc(N(c2cccc(C#N)c2)C2CCN(C)CC2)cc1)C(C)C. The van der Waals surface area contributed by atoms with E-state index in [1.54, 1.807) is 0 Å². The third-order valence-electron chi connectivity index (χ3n) is 6.05. The summed E-state index contributed by atoms with van der Waals surface area (Å²) in [5.74, 6) is 0.0638. The number of carbonyl (C=O) groups is 1. The second kappa shape index (κ2) is 9.98. The molecule has 1 aliphatic rings. The van der Waals surface area contributed by atoms with Gasteiger partial charge in [0, 0.05) is 35.1 Å². The molecule has 1 amide bonds. The first-order valence-corrected chi connectivity index (χ1v) is 11.2. The summed E-state index contributed by atoms with van der Waals surface area (Å²) in [6, 6.07) is 18.7. The number of nitrogens with zero attached hydrogens (tertiary/aromatic N) is 4. The number of hydrogen-bond acceptors (Lipinski definition) is 4. The number of likely N-dealkylation sites (tertiary alicyclic amines) is 1. The molecular formula is C26H34N4O. The van der Waals surface area contributed by atoms with Crippen LogP contribution in [0.5, 0.6) is 0 Å². The highest BCUT2D eigenvalue weighted by Crippen LogP contribution is 2.33. The van der Waals surface area contributed by atoms with Crippen molar-refractivity contribution in [2.24, 2.45) is 0 Å². The number of rotatable bonds is 6. The van der Waals surface area contributed by atoms with Crippen LogP contribution in [0.1, 0.15) is 56.5 Å². The van der Waals surface area contributed by atoms with E-state index in [2.05, 4.69) is 56.7 Å². The van der Waals surface area contributed by atoms with Crippen molar-refractivity contribution < 1.29 is 4.79 Å². The highest BCUT2D eigenvalue weighted by Gasteiger charge is 2.26. The van der Waals surface area contributed by atoms with E-state index >= 15 is 0 Å². The summed E-state index contributed by atoms with van der Waals surface area (Å²) in [5.41, 5.74) is 3.45. The summed E-state index contributed by atoms with van der Waals surface area (Å²) in [6.07, 6.45) is 2.12. The summed E-state index contributed by atoms with van der Waals surface area (Å²) >= 11 is 0. The molecule has 0 bridgehead atoms. The summed E-state index contributed by atoms with van der Waals surface area (Å²) in [7, 11) is 2.16. The van der Waals surface area contributed by atoms with Crippen LogP contribution in [0.25, 0.3) is 0 Å². The molecule has 5 nitrogen and oxygen atoms in total. The molecule has 164 valence electrons. The molecule has 5 heteroatoms. The van der Waals surface area contributed by atoms with Crippen molar-refractivity contribution in [2.75, 3.05) is 25.0 Å². The Morgan fingerprint density at radius 2 is 1.61 bits per heavy atom. The van der Waals surface area contributed by atoms with Crippen LogP contribution in [0.4, 0.5) is 11.4 Å². The standard InChI is InChI=1S/C26H34N4O/c1-19(2)29(20(3)4)26(31)22-9-11-23(12-10-22)30(24-13-15-28(5)16-14-24)25-8-6-7-21(17-25)18-27/h6-12,17,19-20,24H,13-16H2,1-5H3. The van der Waals surface area contributed by atoms with Crippen molar-refractivity contribution in [3.05, 3.63) is 59.7 Å². The third kappa shape index (κ3) is 5.26. The average molecular weight is 419 g/mol. The van der Waals surface area contributed by atoms with Crippen LogP contribution in [-0.4, -0.2) is 54.0 Å². The lowest BCUT2D eigenvalue weighted by molar-refractivity contribution is 0.0644. The quantitative estimate of drug-likeness (QED) is 0.659. The van der Waals surface area contributed by atoms with Gasteiger partial charge in [-0.25, -0.2) is 0 Å². The van der Waals surface area contributed by atoms with Gasteiger partial charge in [-0.1, -0.05) is 6.07 Å². The van der Waals surface area contributed by atoms with Gasteiger partial charge < -0.3 is 14.7 Å². The summed E-state index contributed by atoms with van der Waals surface area (Å²) in [4.78, 5) is 19.7. The largest absolute Gasteiger partial charge is 0.338 e. The Labute approximate surface area is 186 Å². The van der Waals surface area contributed by atoms with E-state index in [1.807, 2.05) is 47.4 Å². The minimum atomic E-state index is 0.0638. The Balaban J connectivity index is 1.94. The zero-order valence-electron chi connectivity index (χ0n) is 19.4. The van der Waals surface area contributed by atoms with Gasteiger partial charge in [0.25, 0.3) is 5.91 Å². The van der Waals surface area contributed by atoms with Gasteiger partial charge in [0.15, 0.2) is 0 Å². The summed E-state index contributed by atoms with van der Waals surface area (Å²) in [6.45, 7) is 10.3. The highest BCUT2D eigenvalue weighted by molar-refractivity contribution is 5.95. The smallest absolute Gasteiger partial charge is 0.254 e. The van der Waals surface area contributed by atoms with E-state index in [1.165, 1.54) is 0 Å². The monoisotopic (exact) mass is 418 g/mol. The molecule has 3 rings (SSSR count). The lowest BCUT2D eigenvalue weighted by Gasteiger charge is -2.39.